The molecule has 1 rings (SSSR count). The first-order valence-electron chi connectivity index (χ1n) is 5.92. The fourth-order valence-corrected chi connectivity index (χ4v) is 1.57. The molecule has 1 aromatic carbocycles. The van der Waals surface area contributed by atoms with Crippen molar-refractivity contribution in [1.82, 2.24) is 10.6 Å². The third kappa shape index (κ3) is 4.61. The second-order valence-electron chi connectivity index (χ2n) is 4.19. The smallest absolute Gasteiger partial charge is 0.327 e. The van der Waals surface area contributed by atoms with Gasteiger partial charge in [0.25, 0.3) is 0 Å². The lowest BCUT2D eigenvalue weighted by Gasteiger charge is -2.17. The molecule has 0 aliphatic rings. The largest absolute Gasteiger partial charge is 0.480 e. The molecule has 0 saturated heterocycles. The van der Waals surface area contributed by atoms with Crippen LogP contribution in [0.15, 0.2) is 24.3 Å². The number of carboxylic acid groups (broad SMARTS) is 1. The predicted molar refractivity (Wildman–Crippen MR) is 71.4 cm³/mol. The van der Waals surface area contributed by atoms with E-state index >= 15 is 0 Å². The maximum Gasteiger partial charge on any atom is 0.327 e. The molecule has 5 nitrogen and oxygen atoms in total. The van der Waals surface area contributed by atoms with E-state index in [9.17, 15) is 14.0 Å². The first-order valence-corrected chi connectivity index (χ1v) is 5.92. The average molecular weight is 278 g/mol. The number of aliphatic carboxylic acids is 1. The van der Waals surface area contributed by atoms with E-state index in [1.54, 1.807) is 13.0 Å². The van der Waals surface area contributed by atoms with Crippen molar-refractivity contribution in [1.29, 1.82) is 0 Å². The number of amides is 2. The van der Waals surface area contributed by atoms with Crippen LogP contribution in [0.4, 0.5) is 9.18 Å². The molecule has 6 heteroatoms. The molecule has 0 radical (unpaired) electrons. The van der Waals surface area contributed by atoms with Crippen molar-refractivity contribution in [3.05, 3.63) is 35.6 Å². The van der Waals surface area contributed by atoms with Crippen LogP contribution in [0.3, 0.4) is 0 Å². The zero-order chi connectivity index (χ0) is 15.1. The molecule has 0 spiro atoms. The molecule has 0 saturated carbocycles. The molecule has 0 bridgehead atoms. The first kappa shape index (κ1) is 15.5. The number of carbonyl (C=O) groups is 2. The highest BCUT2D eigenvalue weighted by Crippen LogP contribution is 2.13. The van der Waals surface area contributed by atoms with Crippen LogP contribution in [-0.2, 0) is 4.79 Å². The summed E-state index contributed by atoms with van der Waals surface area (Å²) in [6.45, 7) is 1.66. The minimum absolute atomic E-state index is 0.114. The van der Waals surface area contributed by atoms with Crippen molar-refractivity contribution >= 4 is 12.0 Å². The molecule has 106 valence electrons. The van der Waals surface area contributed by atoms with E-state index in [4.69, 9.17) is 11.5 Å². The molecule has 0 aliphatic carbocycles. The van der Waals surface area contributed by atoms with Gasteiger partial charge in [0.15, 0.2) is 0 Å². The molecule has 0 aliphatic heterocycles. The molecular weight excluding hydrogens is 263 g/mol. The van der Waals surface area contributed by atoms with Gasteiger partial charge in [0, 0.05) is 6.42 Å². The first-order chi connectivity index (χ1) is 9.43. The van der Waals surface area contributed by atoms with Crippen LogP contribution in [-0.4, -0.2) is 23.1 Å². The number of rotatable bonds is 5. The Hall–Kier alpha value is -2.55. The zero-order valence-electron chi connectivity index (χ0n) is 10.9. The molecule has 3 N–H and O–H groups in total. The van der Waals surface area contributed by atoms with Gasteiger partial charge in [-0.2, -0.15) is 0 Å². The van der Waals surface area contributed by atoms with Gasteiger partial charge in [-0.25, -0.2) is 14.0 Å². The van der Waals surface area contributed by atoms with Gasteiger partial charge >= 0.3 is 12.0 Å². The summed E-state index contributed by atoms with van der Waals surface area (Å²) >= 11 is 0. The summed E-state index contributed by atoms with van der Waals surface area (Å²) in [4.78, 5) is 22.5. The Balaban J connectivity index is 2.62. The third-order valence-electron chi connectivity index (χ3n) is 2.62. The number of terminal acetylenes is 1. The summed E-state index contributed by atoms with van der Waals surface area (Å²) in [6, 6.07) is 3.48. The molecule has 2 amide bonds. The van der Waals surface area contributed by atoms with Gasteiger partial charge < -0.3 is 15.7 Å². The van der Waals surface area contributed by atoms with Crippen LogP contribution in [0, 0.1) is 18.2 Å². The van der Waals surface area contributed by atoms with E-state index in [0.717, 1.165) is 0 Å². The van der Waals surface area contributed by atoms with Gasteiger partial charge in [-0.15, -0.1) is 12.3 Å². The molecule has 1 aromatic rings. The Bertz CT molecular complexity index is 539. The quantitative estimate of drug-likeness (QED) is 0.717. The van der Waals surface area contributed by atoms with Gasteiger partial charge in [0.1, 0.15) is 11.9 Å². The molecule has 2 unspecified atom stereocenters. The monoisotopic (exact) mass is 278 g/mol. The van der Waals surface area contributed by atoms with Gasteiger partial charge in [-0.3, -0.25) is 0 Å². The number of nitrogens with one attached hydrogen (secondary N) is 2. The minimum Gasteiger partial charge on any atom is -0.480 e. The number of carboxylic acids is 1. The summed E-state index contributed by atoms with van der Waals surface area (Å²) in [5.74, 6) is 0.553. The second-order valence-corrected chi connectivity index (χ2v) is 4.19. The summed E-state index contributed by atoms with van der Waals surface area (Å²) in [7, 11) is 0. The number of hydrogen-bond donors (Lipinski definition) is 3. The maximum atomic E-state index is 13.1. The van der Waals surface area contributed by atoms with Gasteiger partial charge in [-0.05, 0) is 24.6 Å². The van der Waals surface area contributed by atoms with Gasteiger partial charge in [-0.1, -0.05) is 12.1 Å². The predicted octanol–water partition coefficient (Wildman–Crippen LogP) is 1.66. The number of carbonyl (C=O) groups excluding carboxylic acids is 1. The Labute approximate surface area is 116 Å². The molecule has 2 atom stereocenters. The Kier molecular flexibility index (Phi) is 5.54. The van der Waals surface area contributed by atoms with Crippen LogP contribution in [0.25, 0.3) is 0 Å². The summed E-state index contributed by atoms with van der Waals surface area (Å²) in [6.07, 6.45) is 4.91. The van der Waals surface area contributed by atoms with Crippen LogP contribution < -0.4 is 10.6 Å². The van der Waals surface area contributed by atoms with Crippen molar-refractivity contribution in [3.63, 3.8) is 0 Å². The molecule has 0 fully saturated rings. The van der Waals surface area contributed by atoms with Crippen LogP contribution in [0.2, 0.25) is 0 Å². The van der Waals surface area contributed by atoms with Crippen molar-refractivity contribution in [3.8, 4) is 12.3 Å². The van der Waals surface area contributed by atoms with E-state index in [0.29, 0.717) is 5.56 Å². The Morgan fingerprint density at radius 2 is 2.15 bits per heavy atom. The van der Waals surface area contributed by atoms with Crippen LogP contribution >= 0.6 is 0 Å². The maximum absolute atomic E-state index is 13.1. The average Bonchev–Trinajstić information content (AvgIpc) is 2.38. The molecule has 0 aromatic heterocycles. The topological polar surface area (TPSA) is 78.4 Å². The summed E-state index contributed by atoms with van der Waals surface area (Å²) < 4.78 is 13.1. The van der Waals surface area contributed by atoms with E-state index in [2.05, 4.69) is 16.6 Å². The lowest BCUT2D eigenvalue weighted by molar-refractivity contribution is -0.139. The molecule has 0 heterocycles. The lowest BCUT2D eigenvalue weighted by atomic mass is 10.1. The number of urea groups is 1. The number of benzene rings is 1. The van der Waals surface area contributed by atoms with Crippen molar-refractivity contribution < 1.29 is 19.1 Å². The van der Waals surface area contributed by atoms with Gasteiger partial charge in [0.05, 0.1) is 6.04 Å². The molecule has 20 heavy (non-hydrogen) atoms. The van der Waals surface area contributed by atoms with Crippen LogP contribution in [0.5, 0.6) is 0 Å². The Morgan fingerprint density at radius 1 is 1.45 bits per heavy atom. The lowest BCUT2D eigenvalue weighted by Crippen LogP contribution is -2.46. The van der Waals surface area contributed by atoms with E-state index < -0.39 is 29.9 Å². The van der Waals surface area contributed by atoms with Crippen molar-refractivity contribution in [2.75, 3.05) is 0 Å². The van der Waals surface area contributed by atoms with E-state index in [1.807, 2.05) is 0 Å². The highest BCUT2D eigenvalue weighted by molar-refractivity contribution is 5.82. The van der Waals surface area contributed by atoms with Crippen LogP contribution in [0.1, 0.15) is 24.9 Å². The standard InChI is InChI=1S/C14H15FN2O3/c1-3-5-12(13(18)19)17-14(20)16-9(2)10-6-4-7-11(15)8-10/h1,4,6-9,12H,5H2,2H3,(H,18,19)(H2,16,17,20). The van der Waals surface area contributed by atoms with E-state index in [1.165, 1.54) is 18.2 Å². The summed E-state index contributed by atoms with van der Waals surface area (Å²) in [5.41, 5.74) is 0.573. The normalized spacial score (nSPS) is 12.8. The molecular formula is C14H15FN2O3. The summed E-state index contributed by atoms with van der Waals surface area (Å²) in [5, 5.41) is 13.6. The SMILES string of the molecule is C#CCC(NC(=O)NC(C)c1cccc(F)c1)C(=O)O. The highest BCUT2D eigenvalue weighted by atomic mass is 19.1. The van der Waals surface area contributed by atoms with Crippen molar-refractivity contribution in [2.24, 2.45) is 0 Å². The Morgan fingerprint density at radius 3 is 2.70 bits per heavy atom. The third-order valence-corrected chi connectivity index (χ3v) is 2.62. The highest BCUT2D eigenvalue weighted by Gasteiger charge is 2.19. The minimum atomic E-state index is -1.21. The van der Waals surface area contributed by atoms with Crippen molar-refractivity contribution in [2.45, 2.75) is 25.4 Å². The fraction of sp³-hybridized carbons (Fsp3) is 0.286. The second kappa shape index (κ2) is 7.14. The number of hydrogen-bond acceptors (Lipinski definition) is 2. The van der Waals surface area contributed by atoms with Gasteiger partial charge in [0.2, 0.25) is 0 Å². The number of halogens is 1. The van der Waals surface area contributed by atoms with E-state index in [-0.39, 0.29) is 6.42 Å². The zero-order valence-corrected chi connectivity index (χ0v) is 10.9. The fourth-order valence-electron chi connectivity index (χ4n) is 1.57.